The van der Waals surface area contributed by atoms with Crippen LogP contribution in [0.2, 0.25) is 0 Å². The lowest BCUT2D eigenvalue weighted by atomic mass is 10.2. The summed E-state index contributed by atoms with van der Waals surface area (Å²) in [6.07, 6.45) is 2.61. The van der Waals surface area contributed by atoms with Crippen molar-refractivity contribution in [3.05, 3.63) is 53.5 Å². The standard InChI is InChI=1S/C21H19F4N7O6S2/c1-9(18-30-17(10-2-3-10)31-32(18)15-7-14(16(26)33)27-8-28-15)29-19(34)11-4-12(39(35,36)20(22)23)6-13(5-11)40(37,38)21(24)25/h4-10,20-21H,2-3H2,1H3,(H2,26,33)(H,29,34)/t9-/m0/s1. The Kier molecular flexibility index (Phi) is 7.63. The molecule has 1 aliphatic carbocycles. The number of sulfone groups is 2. The molecule has 3 aromatic rings. The number of carbonyl (C=O) groups is 2. The van der Waals surface area contributed by atoms with Crippen molar-refractivity contribution in [1.82, 2.24) is 30.0 Å². The molecule has 0 spiro atoms. The van der Waals surface area contributed by atoms with Gasteiger partial charge >= 0.3 is 11.5 Å². The monoisotopic (exact) mass is 605 g/mol. The molecule has 1 fully saturated rings. The first kappa shape index (κ1) is 29.0. The molecule has 2 aromatic heterocycles. The molecule has 1 aromatic carbocycles. The second kappa shape index (κ2) is 10.5. The van der Waals surface area contributed by atoms with Gasteiger partial charge < -0.3 is 11.1 Å². The van der Waals surface area contributed by atoms with E-state index in [2.05, 4.69) is 25.4 Å². The minimum atomic E-state index is -5.48. The lowest BCUT2D eigenvalue weighted by Gasteiger charge is -2.16. The number of carbonyl (C=O) groups excluding carboxylic acids is 2. The molecule has 0 aliphatic heterocycles. The van der Waals surface area contributed by atoms with Gasteiger partial charge in [-0.25, -0.2) is 31.8 Å². The molecule has 0 radical (unpaired) electrons. The van der Waals surface area contributed by atoms with E-state index in [1.54, 1.807) is 0 Å². The van der Waals surface area contributed by atoms with Crippen molar-refractivity contribution in [2.45, 2.75) is 53.0 Å². The zero-order valence-electron chi connectivity index (χ0n) is 20.2. The SMILES string of the molecule is C[C@H](NC(=O)c1cc(S(=O)(=O)C(F)F)cc(S(=O)(=O)C(F)F)c1)c1nc(C2CC2)nn1-c1cc(C(N)=O)ncn1. The van der Waals surface area contributed by atoms with Crippen molar-refractivity contribution in [3.8, 4) is 5.82 Å². The number of nitrogens with one attached hydrogen (secondary N) is 1. The number of alkyl halides is 4. The number of primary amides is 1. The fourth-order valence-corrected chi connectivity index (χ4v) is 5.13. The van der Waals surface area contributed by atoms with Crippen molar-refractivity contribution in [3.63, 3.8) is 0 Å². The van der Waals surface area contributed by atoms with Gasteiger partial charge in [0.25, 0.3) is 11.8 Å². The smallest absolute Gasteiger partial charge is 0.341 e. The van der Waals surface area contributed by atoms with E-state index < -0.39 is 64.4 Å². The van der Waals surface area contributed by atoms with E-state index in [4.69, 9.17) is 5.73 Å². The molecule has 1 saturated carbocycles. The third kappa shape index (κ3) is 5.64. The molecule has 4 rings (SSSR count). The van der Waals surface area contributed by atoms with Gasteiger partial charge in [0.05, 0.1) is 15.8 Å². The summed E-state index contributed by atoms with van der Waals surface area (Å²) in [5, 5.41) is 6.75. The van der Waals surface area contributed by atoms with Gasteiger partial charge in [-0.1, -0.05) is 0 Å². The van der Waals surface area contributed by atoms with Gasteiger partial charge in [-0.05, 0) is 38.0 Å². The first-order valence-electron chi connectivity index (χ1n) is 11.2. The van der Waals surface area contributed by atoms with Crippen molar-refractivity contribution < 1.29 is 44.0 Å². The number of hydrogen-bond acceptors (Lipinski definition) is 10. The summed E-state index contributed by atoms with van der Waals surface area (Å²) >= 11 is 0. The van der Waals surface area contributed by atoms with Gasteiger partial charge in [-0.3, -0.25) is 9.59 Å². The van der Waals surface area contributed by atoms with E-state index in [9.17, 15) is 44.0 Å². The normalized spacial score (nSPS) is 14.9. The second-order valence-electron chi connectivity index (χ2n) is 8.64. The predicted molar refractivity (Wildman–Crippen MR) is 126 cm³/mol. The van der Waals surface area contributed by atoms with E-state index in [1.807, 2.05) is 0 Å². The number of aromatic nitrogens is 5. The first-order chi connectivity index (χ1) is 18.6. The summed E-state index contributed by atoms with van der Waals surface area (Å²) in [6.45, 7) is 1.40. The van der Waals surface area contributed by atoms with Crippen LogP contribution in [0.4, 0.5) is 17.6 Å². The van der Waals surface area contributed by atoms with Crippen LogP contribution >= 0.6 is 0 Å². The quantitative estimate of drug-likeness (QED) is 0.320. The molecule has 13 nitrogen and oxygen atoms in total. The van der Waals surface area contributed by atoms with Gasteiger partial charge in [-0.2, -0.15) is 22.2 Å². The Morgan fingerprint density at radius 1 is 0.975 bits per heavy atom. The van der Waals surface area contributed by atoms with Crippen LogP contribution in [0.25, 0.3) is 5.82 Å². The first-order valence-corrected chi connectivity index (χ1v) is 14.3. The van der Waals surface area contributed by atoms with Crippen LogP contribution in [-0.2, 0) is 19.7 Å². The molecule has 0 bridgehead atoms. The number of nitrogens with zero attached hydrogens (tertiary/aromatic N) is 5. The third-order valence-corrected chi connectivity index (χ3v) is 8.44. The molecule has 40 heavy (non-hydrogen) atoms. The van der Waals surface area contributed by atoms with E-state index in [1.165, 1.54) is 17.7 Å². The molecule has 1 aliphatic rings. The molecular weight excluding hydrogens is 586 g/mol. The number of halogens is 4. The number of hydrogen-bond donors (Lipinski definition) is 2. The number of benzene rings is 1. The Morgan fingerprint density at radius 3 is 2.05 bits per heavy atom. The highest BCUT2D eigenvalue weighted by atomic mass is 32.2. The second-order valence-corrected chi connectivity index (χ2v) is 12.5. The highest BCUT2D eigenvalue weighted by Crippen LogP contribution is 2.38. The van der Waals surface area contributed by atoms with E-state index >= 15 is 0 Å². The number of nitrogens with two attached hydrogens (primary N) is 1. The summed E-state index contributed by atoms with van der Waals surface area (Å²) in [5.74, 6) is -9.61. The minimum absolute atomic E-state index is 0.0127. The molecule has 2 amide bonds. The fourth-order valence-electron chi connectivity index (χ4n) is 3.48. The van der Waals surface area contributed by atoms with Crippen molar-refractivity contribution in [1.29, 1.82) is 0 Å². The minimum Gasteiger partial charge on any atom is -0.364 e. The van der Waals surface area contributed by atoms with Gasteiger partial charge in [0.1, 0.15) is 12.0 Å². The van der Waals surface area contributed by atoms with Crippen LogP contribution < -0.4 is 11.1 Å². The zero-order chi connectivity index (χ0) is 29.6. The van der Waals surface area contributed by atoms with Crippen LogP contribution in [0.3, 0.4) is 0 Å². The van der Waals surface area contributed by atoms with Gasteiger partial charge in [0.15, 0.2) is 17.5 Å². The lowest BCUT2D eigenvalue weighted by molar-refractivity contribution is 0.0936. The molecule has 214 valence electrons. The largest absolute Gasteiger partial charge is 0.364 e. The maximum Gasteiger partial charge on any atom is 0.341 e. The zero-order valence-corrected chi connectivity index (χ0v) is 21.8. The summed E-state index contributed by atoms with van der Waals surface area (Å²) in [4.78, 5) is 34.1. The molecule has 2 heterocycles. The Balaban J connectivity index is 1.74. The molecule has 3 N–H and O–H groups in total. The van der Waals surface area contributed by atoms with Crippen molar-refractivity contribution in [2.75, 3.05) is 0 Å². The summed E-state index contributed by atoms with van der Waals surface area (Å²) in [7, 11) is -11.0. The summed E-state index contributed by atoms with van der Waals surface area (Å²) in [6, 6.07) is 1.15. The van der Waals surface area contributed by atoms with Crippen LogP contribution in [0.1, 0.15) is 64.2 Å². The van der Waals surface area contributed by atoms with Crippen molar-refractivity contribution >= 4 is 31.5 Å². The summed E-state index contributed by atoms with van der Waals surface area (Å²) < 4.78 is 102. The Hall–Kier alpha value is -4.00. The molecule has 0 unspecified atom stereocenters. The van der Waals surface area contributed by atoms with Crippen molar-refractivity contribution in [2.24, 2.45) is 5.73 Å². The Bertz CT molecular complexity index is 1650. The predicted octanol–water partition coefficient (Wildman–Crippen LogP) is 1.52. The highest BCUT2D eigenvalue weighted by molar-refractivity contribution is 7.92. The maximum atomic E-state index is 13.2. The average molecular weight is 606 g/mol. The lowest BCUT2D eigenvalue weighted by Crippen LogP contribution is -2.29. The van der Waals surface area contributed by atoms with Crippen LogP contribution in [0.15, 0.2) is 40.4 Å². The van der Waals surface area contributed by atoms with Gasteiger partial charge in [0.2, 0.25) is 19.7 Å². The van der Waals surface area contributed by atoms with Crippen LogP contribution in [0.5, 0.6) is 0 Å². The maximum absolute atomic E-state index is 13.2. The Labute approximate surface area is 223 Å². The molecule has 1 atom stereocenters. The highest BCUT2D eigenvalue weighted by Gasteiger charge is 2.34. The average Bonchev–Trinajstić information content (AvgIpc) is 3.65. The third-order valence-electron chi connectivity index (χ3n) is 5.72. The van der Waals surface area contributed by atoms with Gasteiger partial charge in [0, 0.05) is 17.5 Å². The number of amides is 2. The van der Waals surface area contributed by atoms with E-state index in [-0.39, 0.29) is 29.3 Å². The van der Waals surface area contributed by atoms with E-state index in [0.29, 0.717) is 18.0 Å². The molecule has 0 saturated heterocycles. The van der Waals surface area contributed by atoms with Crippen LogP contribution in [0, 0.1) is 0 Å². The Morgan fingerprint density at radius 2 is 1.55 bits per heavy atom. The molecule has 19 heteroatoms. The number of rotatable bonds is 10. The molecular formula is C21H19F4N7O6S2. The van der Waals surface area contributed by atoms with Gasteiger partial charge in [-0.15, -0.1) is 5.10 Å². The van der Waals surface area contributed by atoms with E-state index in [0.717, 1.165) is 19.2 Å². The summed E-state index contributed by atoms with van der Waals surface area (Å²) in [5.41, 5.74) is 4.31. The topological polar surface area (TPSA) is 197 Å². The fraction of sp³-hybridized carbons (Fsp3) is 0.333. The van der Waals surface area contributed by atoms with Crippen LogP contribution in [-0.4, -0.2) is 64.9 Å².